The molecule has 0 fully saturated rings. The van der Waals surface area contributed by atoms with Gasteiger partial charge in [-0.3, -0.25) is 4.79 Å². The summed E-state index contributed by atoms with van der Waals surface area (Å²) in [6.45, 7) is 4.85. The highest BCUT2D eigenvalue weighted by molar-refractivity contribution is 7.99. The van der Waals surface area contributed by atoms with E-state index < -0.39 is 0 Å². The van der Waals surface area contributed by atoms with Crippen LogP contribution in [0, 0.1) is 0 Å². The number of fused-ring (bicyclic) bond motifs is 2. The average Bonchev–Trinajstić information content (AvgIpc) is 3.53. The molecule has 188 valence electrons. The maximum Gasteiger partial charge on any atom is 0.341 e. The number of carbonyl (C=O) groups is 2. The molecule has 7 nitrogen and oxygen atoms in total. The molecule has 0 atom stereocenters. The molecule has 1 aliphatic carbocycles. The topological polar surface area (TPSA) is 86.1 Å². The van der Waals surface area contributed by atoms with Gasteiger partial charge in [0.2, 0.25) is 5.91 Å². The lowest BCUT2D eigenvalue weighted by atomic mass is 10.1. The number of carbonyl (C=O) groups excluding carboxylic acids is 2. The first kappa shape index (κ1) is 25.0. The van der Waals surface area contributed by atoms with Crippen molar-refractivity contribution >= 4 is 61.4 Å². The molecule has 0 aliphatic heterocycles. The predicted octanol–water partition coefficient (Wildman–Crippen LogP) is 6.42. The molecule has 3 aromatic heterocycles. The minimum Gasteiger partial charge on any atom is -0.462 e. The third kappa shape index (κ3) is 4.94. The first-order valence-corrected chi connectivity index (χ1v) is 14.9. The van der Waals surface area contributed by atoms with Crippen LogP contribution < -0.4 is 5.32 Å². The fourth-order valence-corrected chi connectivity index (χ4v) is 7.61. The van der Waals surface area contributed by atoms with Gasteiger partial charge in [0.1, 0.15) is 5.00 Å². The molecule has 0 bridgehead atoms. The molecule has 0 radical (unpaired) electrons. The molecular weight excluding hydrogens is 513 g/mol. The van der Waals surface area contributed by atoms with E-state index in [0.29, 0.717) is 28.9 Å². The number of nitrogens with one attached hydrogen (secondary N) is 1. The van der Waals surface area contributed by atoms with Crippen molar-refractivity contribution < 1.29 is 14.3 Å². The second-order valence-corrected chi connectivity index (χ2v) is 11.5. The average molecular weight is 541 g/mol. The maximum absolute atomic E-state index is 13.0. The first-order valence-electron chi connectivity index (χ1n) is 12.2. The number of hydrogen-bond acceptors (Lipinski definition) is 8. The molecule has 1 aromatic carbocycles. The third-order valence-electron chi connectivity index (χ3n) is 6.24. The number of hydrogen-bond donors (Lipinski definition) is 1. The number of nitrogens with zero attached hydrogens (tertiary/aromatic N) is 3. The van der Waals surface area contributed by atoms with E-state index in [1.54, 1.807) is 18.3 Å². The first-order chi connectivity index (χ1) is 17.6. The molecule has 36 heavy (non-hydrogen) atoms. The number of thiophene rings is 2. The smallest absolute Gasteiger partial charge is 0.341 e. The summed E-state index contributed by atoms with van der Waals surface area (Å²) >= 11 is 4.56. The van der Waals surface area contributed by atoms with Crippen molar-refractivity contribution in [1.82, 2.24) is 14.8 Å². The second-order valence-electron chi connectivity index (χ2n) is 8.52. The molecule has 1 aliphatic rings. The number of ether oxygens (including phenoxy) is 1. The number of thioether (sulfide) groups is 1. The Morgan fingerprint density at radius 3 is 2.81 bits per heavy atom. The van der Waals surface area contributed by atoms with Gasteiger partial charge in [0, 0.05) is 32.5 Å². The van der Waals surface area contributed by atoms with Gasteiger partial charge in [0.05, 0.1) is 17.9 Å². The van der Waals surface area contributed by atoms with E-state index in [2.05, 4.69) is 40.0 Å². The quantitative estimate of drug-likeness (QED) is 0.158. The van der Waals surface area contributed by atoms with Crippen LogP contribution >= 0.6 is 34.4 Å². The Kier molecular flexibility index (Phi) is 7.73. The van der Waals surface area contributed by atoms with Gasteiger partial charge in [-0.15, -0.1) is 32.9 Å². The van der Waals surface area contributed by atoms with Crippen LogP contribution in [0.3, 0.4) is 0 Å². The molecule has 10 heteroatoms. The minimum atomic E-state index is -0.349. The highest BCUT2D eigenvalue weighted by Crippen LogP contribution is 2.38. The van der Waals surface area contributed by atoms with Crippen LogP contribution in [0.4, 0.5) is 5.00 Å². The van der Waals surface area contributed by atoms with Crippen molar-refractivity contribution in [3.8, 4) is 11.4 Å². The summed E-state index contributed by atoms with van der Waals surface area (Å²) in [6.07, 6.45) is 5.10. The summed E-state index contributed by atoms with van der Waals surface area (Å²) in [7, 11) is 0. The van der Waals surface area contributed by atoms with Gasteiger partial charge in [0.25, 0.3) is 0 Å². The van der Waals surface area contributed by atoms with Crippen LogP contribution in [0.15, 0.2) is 34.8 Å². The van der Waals surface area contributed by atoms with Crippen molar-refractivity contribution in [2.24, 2.45) is 0 Å². The molecule has 0 saturated carbocycles. The maximum atomic E-state index is 13.0. The van der Waals surface area contributed by atoms with E-state index in [0.717, 1.165) is 54.4 Å². The number of amides is 1. The Bertz CT molecular complexity index is 1400. The van der Waals surface area contributed by atoms with Gasteiger partial charge in [-0.2, -0.15) is 0 Å². The number of benzene rings is 1. The zero-order chi connectivity index (χ0) is 25.1. The molecule has 0 saturated heterocycles. The van der Waals surface area contributed by atoms with Crippen LogP contribution in [0.1, 0.15) is 53.9 Å². The van der Waals surface area contributed by atoms with E-state index >= 15 is 0 Å². The highest BCUT2D eigenvalue weighted by atomic mass is 32.2. The van der Waals surface area contributed by atoms with Crippen molar-refractivity contribution in [2.45, 2.75) is 57.7 Å². The Morgan fingerprint density at radius 2 is 1.97 bits per heavy atom. The standard InChI is InChI=1S/C26H28N4O3S3/c1-3-30-23(18-14-34-19-12-9-8-10-16(18)19)28-29-26(30)35-15-21(31)27-24-22(25(32)33-4-2)17-11-6-5-7-13-20(17)36-24/h8-10,12,14H,3-7,11,13,15H2,1-2H3,(H,27,31). The van der Waals surface area contributed by atoms with Gasteiger partial charge < -0.3 is 14.6 Å². The number of esters is 1. The zero-order valence-corrected chi connectivity index (χ0v) is 22.8. The lowest BCUT2D eigenvalue weighted by Gasteiger charge is -2.09. The lowest BCUT2D eigenvalue weighted by Crippen LogP contribution is -2.17. The Labute approximate surface area is 222 Å². The highest BCUT2D eigenvalue weighted by Gasteiger charge is 2.27. The molecule has 4 aromatic rings. The van der Waals surface area contributed by atoms with Crippen molar-refractivity contribution in [1.29, 1.82) is 0 Å². The van der Waals surface area contributed by atoms with Crippen molar-refractivity contribution in [3.63, 3.8) is 0 Å². The summed E-state index contributed by atoms with van der Waals surface area (Å²) in [5.74, 6) is 0.464. The molecule has 5 rings (SSSR count). The summed E-state index contributed by atoms with van der Waals surface area (Å²) in [6, 6.07) is 8.26. The molecule has 0 unspecified atom stereocenters. The van der Waals surface area contributed by atoms with E-state index in [1.807, 2.05) is 16.7 Å². The van der Waals surface area contributed by atoms with Crippen LogP contribution in [-0.4, -0.2) is 39.0 Å². The van der Waals surface area contributed by atoms with E-state index in [-0.39, 0.29) is 17.6 Å². The van der Waals surface area contributed by atoms with Crippen LogP contribution in [0.2, 0.25) is 0 Å². The molecule has 1 amide bonds. The number of aryl methyl sites for hydroxylation is 1. The fourth-order valence-electron chi connectivity index (χ4n) is 4.57. The second kappa shape index (κ2) is 11.1. The van der Waals surface area contributed by atoms with Gasteiger partial charge >= 0.3 is 5.97 Å². The third-order valence-corrected chi connectivity index (χ3v) is 9.38. The van der Waals surface area contributed by atoms with Gasteiger partial charge in [-0.05, 0) is 51.2 Å². The normalized spacial score (nSPS) is 13.4. The summed E-state index contributed by atoms with van der Waals surface area (Å²) in [4.78, 5) is 26.9. The number of rotatable bonds is 8. The zero-order valence-electron chi connectivity index (χ0n) is 20.3. The van der Waals surface area contributed by atoms with Crippen molar-refractivity contribution in [3.05, 3.63) is 45.6 Å². The summed E-state index contributed by atoms with van der Waals surface area (Å²) in [5, 5.41) is 16.4. The minimum absolute atomic E-state index is 0.171. The number of anilines is 1. The van der Waals surface area contributed by atoms with Gasteiger partial charge in [-0.25, -0.2) is 4.79 Å². The SMILES string of the molecule is CCOC(=O)c1c(NC(=O)CSc2nnc(-c3csc4ccccc34)n2CC)sc2c1CCCCC2. The van der Waals surface area contributed by atoms with Crippen molar-refractivity contribution in [2.75, 3.05) is 17.7 Å². The molecular formula is C26H28N4O3S3. The van der Waals surface area contributed by atoms with E-state index in [1.165, 1.54) is 32.7 Å². The molecule has 3 heterocycles. The van der Waals surface area contributed by atoms with Crippen LogP contribution in [0.5, 0.6) is 0 Å². The van der Waals surface area contributed by atoms with Gasteiger partial charge in [0.15, 0.2) is 11.0 Å². The summed E-state index contributed by atoms with van der Waals surface area (Å²) < 4.78 is 8.59. The fraction of sp³-hybridized carbons (Fsp3) is 0.385. The predicted molar refractivity (Wildman–Crippen MR) is 147 cm³/mol. The Balaban J connectivity index is 1.33. The Morgan fingerprint density at radius 1 is 1.14 bits per heavy atom. The van der Waals surface area contributed by atoms with Crippen LogP contribution in [-0.2, 0) is 28.9 Å². The van der Waals surface area contributed by atoms with Gasteiger partial charge in [-0.1, -0.05) is 36.4 Å². The molecule has 0 spiro atoms. The largest absolute Gasteiger partial charge is 0.462 e. The lowest BCUT2D eigenvalue weighted by molar-refractivity contribution is -0.113. The molecule has 1 N–H and O–H groups in total. The van der Waals surface area contributed by atoms with Crippen LogP contribution in [0.25, 0.3) is 21.5 Å². The monoisotopic (exact) mass is 540 g/mol. The van der Waals surface area contributed by atoms with E-state index in [9.17, 15) is 9.59 Å². The Hall–Kier alpha value is -2.69. The van der Waals surface area contributed by atoms with E-state index in [4.69, 9.17) is 4.74 Å². The number of aromatic nitrogens is 3. The summed E-state index contributed by atoms with van der Waals surface area (Å²) in [5.41, 5.74) is 2.65.